The van der Waals surface area contributed by atoms with Crippen LogP contribution in [0.3, 0.4) is 0 Å². The van der Waals surface area contributed by atoms with Crippen molar-refractivity contribution in [3.8, 4) is 0 Å². The predicted octanol–water partition coefficient (Wildman–Crippen LogP) is 3.58. The highest BCUT2D eigenvalue weighted by Gasteiger charge is 2.16. The summed E-state index contributed by atoms with van der Waals surface area (Å²) in [6.45, 7) is 2.54. The van der Waals surface area contributed by atoms with E-state index in [1.54, 1.807) is 11.3 Å². The zero-order chi connectivity index (χ0) is 19.4. The van der Waals surface area contributed by atoms with Gasteiger partial charge in [0.2, 0.25) is 0 Å². The van der Waals surface area contributed by atoms with E-state index in [-0.39, 0.29) is 10.6 Å². The van der Waals surface area contributed by atoms with Crippen molar-refractivity contribution in [2.24, 2.45) is 0 Å². The fourth-order valence-corrected chi connectivity index (χ4v) is 3.94. The second-order valence-electron chi connectivity index (χ2n) is 5.68. The van der Waals surface area contributed by atoms with Gasteiger partial charge in [-0.3, -0.25) is 4.72 Å². The van der Waals surface area contributed by atoms with Crippen molar-refractivity contribution in [1.82, 2.24) is 9.97 Å². The van der Waals surface area contributed by atoms with Crippen molar-refractivity contribution in [1.29, 1.82) is 0 Å². The molecule has 0 bridgehead atoms. The first kappa shape index (κ1) is 19.2. The van der Waals surface area contributed by atoms with Gasteiger partial charge in [0.1, 0.15) is 22.3 Å². The molecule has 0 radical (unpaired) electrons. The maximum atomic E-state index is 13.2. The third-order valence-corrected chi connectivity index (χ3v) is 5.70. The van der Waals surface area contributed by atoms with Gasteiger partial charge in [0.25, 0.3) is 10.0 Å². The molecular weight excluding hydrogens is 394 g/mol. The summed E-state index contributed by atoms with van der Waals surface area (Å²) in [6, 6.07) is 5.33. The summed E-state index contributed by atoms with van der Waals surface area (Å²) in [6.07, 6.45) is 1.89. The number of pyridine rings is 1. The molecule has 0 aliphatic rings. The normalized spacial score (nSPS) is 11.4. The van der Waals surface area contributed by atoms with E-state index in [1.165, 1.54) is 18.3 Å². The number of sulfonamides is 1. The van der Waals surface area contributed by atoms with Crippen LogP contribution in [0.5, 0.6) is 0 Å². The predicted molar refractivity (Wildman–Crippen MR) is 100 cm³/mol. The molecule has 0 saturated heterocycles. The Bertz CT molecular complexity index is 1020. The van der Waals surface area contributed by atoms with Crippen LogP contribution in [0.4, 0.5) is 20.3 Å². The van der Waals surface area contributed by atoms with Crippen LogP contribution in [0.15, 0.2) is 46.8 Å². The van der Waals surface area contributed by atoms with E-state index in [2.05, 4.69) is 20.0 Å². The second kappa shape index (κ2) is 7.97. The zero-order valence-corrected chi connectivity index (χ0v) is 15.9. The van der Waals surface area contributed by atoms with E-state index in [4.69, 9.17) is 0 Å². The molecular formula is C17H16F2N4O2S2. The molecule has 0 saturated carbocycles. The molecule has 6 nitrogen and oxygen atoms in total. The minimum Gasteiger partial charge on any atom is -0.370 e. The van der Waals surface area contributed by atoms with Gasteiger partial charge in [0.15, 0.2) is 0 Å². The molecule has 0 aliphatic heterocycles. The number of aromatic nitrogens is 2. The lowest BCUT2D eigenvalue weighted by atomic mass is 10.3. The summed E-state index contributed by atoms with van der Waals surface area (Å²) in [4.78, 5) is 8.30. The number of benzene rings is 1. The molecule has 0 amide bonds. The average Bonchev–Trinajstić information content (AvgIpc) is 2.99. The van der Waals surface area contributed by atoms with Crippen LogP contribution in [0.25, 0.3) is 0 Å². The van der Waals surface area contributed by atoms with Gasteiger partial charge in [-0.1, -0.05) is 0 Å². The van der Waals surface area contributed by atoms with Gasteiger partial charge in [0.05, 0.1) is 16.4 Å². The first-order chi connectivity index (χ1) is 12.8. The van der Waals surface area contributed by atoms with Crippen LogP contribution in [-0.4, -0.2) is 24.9 Å². The van der Waals surface area contributed by atoms with Crippen LogP contribution < -0.4 is 10.0 Å². The van der Waals surface area contributed by atoms with Gasteiger partial charge in [-0.2, -0.15) is 0 Å². The molecule has 2 heterocycles. The van der Waals surface area contributed by atoms with Crippen LogP contribution in [0.1, 0.15) is 10.7 Å². The highest BCUT2D eigenvalue weighted by molar-refractivity contribution is 7.92. The topological polar surface area (TPSA) is 84.0 Å². The van der Waals surface area contributed by atoms with Crippen LogP contribution in [-0.2, 0) is 16.4 Å². The van der Waals surface area contributed by atoms with Crippen molar-refractivity contribution in [3.63, 3.8) is 0 Å². The third kappa shape index (κ3) is 5.20. The molecule has 0 fully saturated rings. The number of nitrogens with one attached hydrogen (secondary N) is 2. The molecule has 0 unspecified atom stereocenters. The Morgan fingerprint density at radius 2 is 1.89 bits per heavy atom. The van der Waals surface area contributed by atoms with E-state index >= 15 is 0 Å². The number of nitrogens with zero attached hydrogens (tertiary/aromatic N) is 2. The molecule has 10 heteroatoms. The number of aryl methyl sites for hydroxylation is 1. The molecule has 0 aliphatic carbocycles. The number of thiazole rings is 1. The number of hydrogen-bond donors (Lipinski definition) is 2. The van der Waals surface area contributed by atoms with E-state index < -0.39 is 21.7 Å². The van der Waals surface area contributed by atoms with Gasteiger partial charge in [-0.05, 0) is 31.2 Å². The minimum atomic E-state index is -4.01. The Labute approximate surface area is 159 Å². The molecule has 3 rings (SSSR count). The summed E-state index contributed by atoms with van der Waals surface area (Å²) in [5, 5.41) is 6.08. The molecule has 0 spiro atoms. The Morgan fingerprint density at radius 3 is 2.48 bits per heavy atom. The van der Waals surface area contributed by atoms with Crippen molar-refractivity contribution >= 4 is 32.9 Å². The first-order valence-electron chi connectivity index (χ1n) is 7.92. The fraction of sp³-hybridized carbons (Fsp3) is 0.176. The van der Waals surface area contributed by atoms with Gasteiger partial charge in [0, 0.05) is 30.6 Å². The maximum Gasteiger partial charge on any atom is 0.263 e. The smallest absolute Gasteiger partial charge is 0.263 e. The summed E-state index contributed by atoms with van der Waals surface area (Å²) >= 11 is 1.58. The van der Waals surface area contributed by atoms with E-state index in [9.17, 15) is 17.2 Å². The van der Waals surface area contributed by atoms with Gasteiger partial charge in [-0.25, -0.2) is 27.2 Å². The van der Waals surface area contributed by atoms with Gasteiger partial charge >= 0.3 is 0 Å². The monoisotopic (exact) mass is 410 g/mol. The molecule has 0 atom stereocenters. The van der Waals surface area contributed by atoms with Crippen molar-refractivity contribution in [2.75, 3.05) is 16.6 Å². The summed E-state index contributed by atoms with van der Waals surface area (Å²) in [7, 11) is -4.01. The standard InChI is InChI=1S/C17H16F2N4O2S2/c1-11-22-14(10-26-11)4-5-20-17-3-2-16(9-21-17)27(24,25)23-15-7-12(18)6-13(19)8-15/h2-3,6-10,23H,4-5H2,1H3,(H,20,21). The Hall–Kier alpha value is -2.59. The number of rotatable bonds is 7. The highest BCUT2D eigenvalue weighted by Crippen LogP contribution is 2.19. The van der Waals surface area contributed by atoms with E-state index in [0.717, 1.165) is 29.3 Å². The van der Waals surface area contributed by atoms with Gasteiger partial charge in [-0.15, -0.1) is 11.3 Å². The largest absolute Gasteiger partial charge is 0.370 e. The Kier molecular flexibility index (Phi) is 5.66. The highest BCUT2D eigenvalue weighted by atomic mass is 32.2. The molecule has 1 aromatic carbocycles. The molecule has 142 valence electrons. The van der Waals surface area contributed by atoms with Crippen molar-refractivity contribution in [3.05, 3.63) is 64.2 Å². The zero-order valence-electron chi connectivity index (χ0n) is 14.2. The molecule has 2 N–H and O–H groups in total. The van der Waals surface area contributed by atoms with E-state index in [1.807, 2.05) is 12.3 Å². The first-order valence-corrected chi connectivity index (χ1v) is 10.3. The van der Waals surface area contributed by atoms with Gasteiger partial charge < -0.3 is 5.32 Å². The number of hydrogen-bond acceptors (Lipinski definition) is 6. The summed E-state index contributed by atoms with van der Waals surface area (Å²) < 4.78 is 53.2. The Morgan fingerprint density at radius 1 is 1.15 bits per heavy atom. The lowest BCUT2D eigenvalue weighted by molar-refractivity contribution is 0.584. The molecule has 27 heavy (non-hydrogen) atoms. The second-order valence-corrected chi connectivity index (χ2v) is 8.42. The third-order valence-electron chi connectivity index (χ3n) is 3.52. The molecule has 3 aromatic rings. The molecule has 2 aromatic heterocycles. The Balaban J connectivity index is 1.63. The summed E-state index contributed by atoms with van der Waals surface area (Å²) in [5.41, 5.74) is 0.781. The SMILES string of the molecule is Cc1nc(CCNc2ccc(S(=O)(=O)Nc3cc(F)cc(F)c3)cn2)cs1. The quantitative estimate of drug-likeness (QED) is 0.622. The average molecular weight is 410 g/mol. The lowest BCUT2D eigenvalue weighted by Gasteiger charge is -2.09. The van der Waals surface area contributed by atoms with Crippen LogP contribution in [0, 0.1) is 18.6 Å². The fourth-order valence-electron chi connectivity index (χ4n) is 2.31. The lowest BCUT2D eigenvalue weighted by Crippen LogP contribution is -2.14. The van der Waals surface area contributed by atoms with Crippen LogP contribution in [0.2, 0.25) is 0 Å². The number of halogens is 2. The maximum absolute atomic E-state index is 13.2. The van der Waals surface area contributed by atoms with E-state index in [0.29, 0.717) is 18.4 Å². The van der Waals surface area contributed by atoms with Crippen LogP contribution >= 0.6 is 11.3 Å². The van der Waals surface area contributed by atoms with Crippen molar-refractivity contribution in [2.45, 2.75) is 18.2 Å². The summed E-state index contributed by atoms with van der Waals surface area (Å²) in [5.74, 6) is -1.24. The number of anilines is 2. The van der Waals surface area contributed by atoms with Crippen molar-refractivity contribution < 1.29 is 17.2 Å². The minimum absolute atomic E-state index is 0.118.